The Labute approximate surface area is 113 Å². The molecule has 1 fully saturated rings. The Kier molecular flexibility index (Phi) is 4.58. The van der Waals surface area contributed by atoms with Gasteiger partial charge in [0.1, 0.15) is 5.75 Å². The number of rotatable bonds is 4. The monoisotopic (exact) mass is 261 g/mol. The average Bonchev–Trinajstić information content (AvgIpc) is 2.93. The number of aliphatic hydroxyl groups is 1. The summed E-state index contributed by atoms with van der Waals surface area (Å²) in [5.41, 5.74) is 0.953. The fourth-order valence-electron chi connectivity index (χ4n) is 2.29. The van der Waals surface area contributed by atoms with Gasteiger partial charge in [-0.25, -0.2) is 0 Å². The first-order chi connectivity index (χ1) is 9.24. The number of hydrogen-bond acceptors (Lipinski definition) is 3. The largest absolute Gasteiger partial charge is 0.497 e. The molecule has 19 heavy (non-hydrogen) atoms. The fourth-order valence-corrected chi connectivity index (χ4v) is 2.29. The standard InChI is InChI=1S/C15H19NO3/c1-19-14-7-4-12(5-8-14)6-9-15(18)16-10-2-3-13(16)11-17/h4-9,13,17H,2-3,10-11H2,1H3/t13-/m0/s1. The molecule has 1 amide bonds. The lowest BCUT2D eigenvalue weighted by atomic mass is 10.2. The molecule has 1 aliphatic heterocycles. The molecule has 1 N–H and O–H groups in total. The van der Waals surface area contributed by atoms with Crippen LogP contribution >= 0.6 is 0 Å². The predicted molar refractivity (Wildman–Crippen MR) is 73.8 cm³/mol. The molecule has 0 aliphatic carbocycles. The number of likely N-dealkylation sites (tertiary alicyclic amines) is 1. The molecule has 102 valence electrons. The lowest BCUT2D eigenvalue weighted by molar-refractivity contribution is -0.127. The van der Waals surface area contributed by atoms with E-state index in [1.165, 1.54) is 0 Å². The Bertz CT molecular complexity index is 453. The van der Waals surface area contributed by atoms with E-state index in [0.717, 1.165) is 30.7 Å². The van der Waals surface area contributed by atoms with Crippen LogP contribution < -0.4 is 4.74 Å². The van der Waals surface area contributed by atoms with Crippen molar-refractivity contribution in [1.82, 2.24) is 4.90 Å². The molecule has 0 spiro atoms. The summed E-state index contributed by atoms with van der Waals surface area (Å²) in [6.45, 7) is 0.777. The van der Waals surface area contributed by atoms with Crippen LogP contribution in [0.3, 0.4) is 0 Å². The fraction of sp³-hybridized carbons (Fsp3) is 0.400. The smallest absolute Gasteiger partial charge is 0.246 e. The number of ether oxygens (including phenoxy) is 1. The van der Waals surface area contributed by atoms with E-state index in [4.69, 9.17) is 4.74 Å². The van der Waals surface area contributed by atoms with E-state index in [2.05, 4.69) is 0 Å². The minimum absolute atomic E-state index is 0.0204. The van der Waals surface area contributed by atoms with Crippen molar-refractivity contribution in [2.24, 2.45) is 0 Å². The van der Waals surface area contributed by atoms with Crippen molar-refractivity contribution >= 4 is 12.0 Å². The first-order valence-electron chi connectivity index (χ1n) is 6.48. The summed E-state index contributed by atoms with van der Waals surface area (Å²) in [7, 11) is 1.62. The van der Waals surface area contributed by atoms with Crippen molar-refractivity contribution < 1.29 is 14.6 Å². The van der Waals surface area contributed by atoms with Crippen LogP contribution in [-0.4, -0.2) is 42.2 Å². The highest BCUT2D eigenvalue weighted by Crippen LogP contribution is 2.18. The summed E-state index contributed by atoms with van der Waals surface area (Å²) in [5, 5.41) is 9.20. The highest BCUT2D eigenvalue weighted by molar-refractivity contribution is 5.92. The van der Waals surface area contributed by atoms with Gasteiger partial charge in [0, 0.05) is 12.6 Å². The molecule has 1 aliphatic rings. The van der Waals surface area contributed by atoms with Gasteiger partial charge in [-0.2, -0.15) is 0 Å². The lowest BCUT2D eigenvalue weighted by Crippen LogP contribution is -2.36. The predicted octanol–water partition coefficient (Wildman–Crippen LogP) is 1.69. The zero-order valence-electron chi connectivity index (χ0n) is 11.1. The average molecular weight is 261 g/mol. The number of hydrogen-bond donors (Lipinski definition) is 1. The van der Waals surface area contributed by atoms with Crippen LogP contribution in [-0.2, 0) is 4.79 Å². The number of carbonyl (C=O) groups is 1. The first kappa shape index (κ1) is 13.6. The van der Waals surface area contributed by atoms with E-state index in [9.17, 15) is 9.90 Å². The van der Waals surface area contributed by atoms with Crippen molar-refractivity contribution in [3.63, 3.8) is 0 Å². The van der Waals surface area contributed by atoms with Crippen molar-refractivity contribution in [1.29, 1.82) is 0 Å². The van der Waals surface area contributed by atoms with Crippen molar-refractivity contribution in [3.05, 3.63) is 35.9 Å². The molecular formula is C15H19NO3. The normalized spacial score (nSPS) is 19.1. The molecule has 0 bridgehead atoms. The zero-order chi connectivity index (χ0) is 13.7. The SMILES string of the molecule is COc1ccc(C=CC(=O)N2CCC[C@H]2CO)cc1. The van der Waals surface area contributed by atoms with Crippen LogP contribution in [0.2, 0.25) is 0 Å². The highest BCUT2D eigenvalue weighted by Gasteiger charge is 2.26. The zero-order valence-corrected chi connectivity index (χ0v) is 11.1. The number of aliphatic hydroxyl groups excluding tert-OH is 1. The first-order valence-corrected chi connectivity index (χ1v) is 6.48. The molecule has 2 rings (SSSR count). The maximum absolute atomic E-state index is 12.0. The van der Waals surface area contributed by atoms with Gasteiger partial charge in [0.05, 0.1) is 19.8 Å². The van der Waals surface area contributed by atoms with E-state index in [0.29, 0.717) is 0 Å². The molecule has 0 unspecified atom stereocenters. The molecule has 4 nitrogen and oxygen atoms in total. The number of carbonyl (C=O) groups excluding carboxylic acids is 1. The molecule has 0 radical (unpaired) electrons. The van der Waals surface area contributed by atoms with E-state index < -0.39 is 0 Å². The maximum atomic E-state index is 12.0. The van der Waals surface area contributed by atoms with E-state index >= 15 is 0 Å². The molecule has 1 aromatic carbocycles. The maximum Gasteiger partial charge on any atom is 0.246 e. The minimum Gasteiger partial charge on any atom is -0.497 e. The van der Waals surface area contributed by atoms with Crippen LogP contribution in [0.5, 0.6) is 5.75 Å². The van der Waals surface area contributed by atoms with E-state index in [1.807, 2.05) is 24.3 Å². The van der Waals surface area contributed by atoms with Gasteiger partial charge in [0.25, 0.3) is 0 Å². The second-order valence-electron chi connectivity index (χ2n) is 4.62. The number of methoxy groups -OCH3 is 1. The second-order valence-corrected chi connectivity index (χ2v) is 4.62. The van der Waals surface area contributed by atoms with Gasteiger partial charge in [-0.15, -0.1) is 0 Å². The summed E-state index contributed by atoms with van der Waals surface area (Å²) in [6.07, 6.45) is 5.20. The Balaban J connectivity index is 1.99. The molecular weight excluding hydrogens is 242 g/mol. The van der Waals surface area contributed by atoms with Crippen molar-refractivity contribution in [2.75, 3.05) is 20.3 Å². The van der Waals surface area contributed by atoms with Gasteiger partial charge in [-0.1, -0.05) is 12.1 Å². The quantitative estimate of drug-likeness (QED) is 0.839. The van der Waals surface area contributed by atoms with Gasteiger partial charge in [0.2, 0.25) is 5.91 Å². The molecule has 1 heterocycles. The third-order valence-corrected chi connectivity index (χ3v) is 3.41. The highest BCUT2D eigenvalue weighted by atomic mass is 16.5. The summed E-state index contributed by atoms with van der Waals surface area (Å²) in [5.74, 6) is 0.760. The summed E-state index contributed by atoms with van der Waals surface area (Å²) in [4.78, 5) is 13.8. The number of benzene rings is 1. The van der Waals surface area contributed by atoms with Gasteiger partial charge in [-0.3, -0.25) is 4.79 Å². The third kappa shape index (κ3) is 3.35. The second kappa shape index (κ2) is 6.38. The summed E-state index contributed by atoms with van der Waals surface area (Å²) < 4.78 is 5.08. The summed E-state index contributed by atoms with van der Waals surface area (Å²) >= 11 is 0. The third-order valence-electron chi connectivity index (χ3n) is 3.41. The number of nitrogens with zero attached hydrogens (tertiary/aromatic N) is 1. The molecule has 1 saturated heterocycles. The Hall–Kier alpha value is -1.81. The van der Waals surface area contributed by atoms with Crippen LogP contribution in [0, 0.1) is 0 Å². The van der Waals surface area contributed by atoms with Crippen LogP contribution in [0.1, 0.15) is 18.4 Å². The molecule has 4 heteroatoms. The molecule has 0 saturated carbocycles. The Morgan fingerprint density at radius 3 is 2.84 bits per heavy atom. The van der Waals surface area contributed by atoms with Gasteiger partial charge < -0.3 is 14.7 Å². The molecule has 0 aromatic heterocycles. The van der Waals surface area contributed by atoms with Crippen molar-refractivity contribution in [2.45, 2.75) is 18.9 Å². The molecule has 1 aromatic rings. The summed E-state index contributed by atoms with van der Waals surface area (Å²) in [6, 6.07) is 7.49. The molecule has 1 atom stereocenters. The van der Waals surface area contributed by atoms with E-state index in [-0.39, 0.29) is 18.6 Å². The van der Waals surface area contributed by atoms with Crippen molar-refractivity contribution in [3.8, 4) is 5.75 Å². The minimum atomic E-state index is -0.0348. The van der Waals surface area contributed by atoms with Crippen LogP contribution in [0.25, 0.3) is 6.08 Å². The van der Waals surface area contributed by atoms with Gasteiger partial charge in [0.15, 0.2) is 0 Å². The Morgan fingerprint density at radius 1 is 1.47 bits per heavy atom. The van der Waals surface area contributed by atoms with Crippen LogP contribution in [0.4, 0.5) is 0 Å². The topological polar surface area (TPSA) is 49.8 Å². The van der Waals surface area contributed by atoms with Gasteiger partial charge >= 0.3 is 0 Å². The van der Waals surface area contributed by atoms with Gasteiger partial charge in [-0.05, 0) is 36.6 Å². The Morgan fingerprint density at radius 2 is 2.21 bits per heavy atom. The number of amides is 1. The lowest BCUT2D eigenvalue weighted by Gasteiger charge is -2.21. The van der Waals surface area contributed by atoms with E-state index in [1.54, 1.807) is 24.2 Å². The van der Waals surface area contributed by atoms with Crippen LogP contribution in [0.15, 0.2) is 30.3 Å².